The smallest absolute Gasteiger partial charge is 0.0511 e. The Balaban J connectivity index is 2.89. The number of hydrogen-bond donors (Lipinski definition) is 1. The summed E-state index contributed by atoms with van der Waals surface area (Å²) in [6, 6.07) is 4.50. The second-order valence-electron chi connectivity index (χ2n) is 5.36. The predicted octanol–water partition coefficient (Wildman–Crippen LogP) is 3.23. The lowest BCUT2D eigenvalue weighted by atomic mass is 9.97. The topological polar surface area (TPSA) is 42.2 Å². The summed E-state index contributed by atoms with van der Waals surface area (Å²) in [6.07, 6.45) is 6.22. The van der Waals surface area contributed by atoms with Gasteiger partial charge in [0.05, 0.1) is 6.04 Å². The minimum absolute atomic E-state index is 0.110. The van der Waals surface area contributed by atoms with Crippen molar-refractivity contribution in [3.05, 3.63) is 30.1 Å². The van der Waals surface area contributed by atoms with Crippen LogP contribution in [-0.2, 0) is 0 Å². The first-order valence-corrected chi connectivity index (χ1v) is 7.53. The number of rotatable bonds is 8. The number of nitrogens with two attached hydrogens (primary N) is 1. The molecule has 0 radical (unpaired) electrons. The Morgan fingerprint density at radius 1 is 1.26 bits per heavy atom. The van der Waals surface area contributed by atoms with Gasteiger partial charge in [0.15, 0.2) is 0 Å². The minimum atomic E-state index is 0.110. The van der Waals surface area contributed by atoms with E-state index in [4.69, 9.17) is 5.73 Å². The Labute approximate surface area is 118 Å². The van der Waals surface area contributed by atoms with Gasteiger partial charge in [0.1, 0.15) is 0 Å². The van der Waals surface area contributed by atoms with Crippen molar-refractivity contribution in [2.24, 2.45) is 11.7 Å². The van der Waals surface area contributed by atoms with Crippen molar-refractivity contribution in [2.45, 2.75) is 52.6 Å². The molecule has 2 atom stereocenters. The van der Waals surface area contributed by atoms with E-state index in [1.54, 1.807) is 0 Å². The molecule has 1 aromatic heterocycles. The van der Waals surface area contributed by atoms with Gasteiger partial charge in [-0.05, 0) is 31.0 Å². The van der Waals surface area contributed by atoms with E-state index in [0.29, 0.717) is 0 Å². The van der Waals surface area contributed by atoms with Crippen molar-refractivity contribution in [2.75, 3.05) is 13.1 Å². The highest BCUT2D eigenvalue weighted by molar-refractivity contribution is 5.16. The normalized spacial score (nSPS) is 14.9. The lowest BCUT2D eigenvalue weighted by Gasteiger charge is -2.35. The Kier molecular flexibility index (Phi) is 7.03. The van der Waals surface area contributed by atoms with E-state index in [-0.39, 0.29) is 12.1 Å². The predicted molar refractivity (Wildman–Crippen MR) is 81.9 cm³/mol. The Morgan fingerprint density at radius 2 is 1.95 bits per heavy atom. The van der Waals surface area contributed by atoms with Gasteiger partial charge in [-0.25, -0.2) is 0 Å². The fraction of sp³-hybridized carbons (Fsp3) is 0.688. The molecular formula is C16H29N3. The summed E-state index contributed by atoms with van der Waals surface area (Å²) >= 11 is 0. The maximum absolute atomic E-state index is 6.23. The van der Waals surface area contributed by atoms with E-state index >= 15 is 0 Å². The zero-order valence-corrected chi connectivity index (χ0v) is 12.8. The standard InChI is InChI=1S/C16H29N3/c1-5-14(6-2)12-19(7-3)16(13(4)17)15-9-8-10-18-11-15/h8-11,13-14,16H,5-7,12,17H2,1-4H3. The van der Waals surface area contributed by atoms with Crippen LogP contribution >= 0.6 is 0 Å². The monoisotopic (exact) mass is 263 g/mol. The molecule has 1 rings (SSSR count). The maximum atomic E-state index is 6.23. The SMILES string of the molecule is CCC(CC)CN(CC)C(c1cccnc1)C(C)N. The lowest BCUT2D eigenvalue weighted by molar-refractivity contribution is 0.153. The Bertz CT molecular complexity index is 333. The molecule has 0 saturated heterocycles. The Hall–Kier alpha value is -0.930. The molecule has 0 aliphatic carbocycles. The molecule has 3 heteroatoms. The van der Waals surface area contributed by atoms with E-state index in [2.05, 4.69) is 43.6 Å². The van der Waals surface area contributed by atoms with Crippen molar-refractivity contribution in [3.63, 3.8) is 0 Å². The molecule has 1 aromatic rings. The molecule has 2 unspecified atom stereocenters. The van der Waals surface area contributed by atoms with Crippen molar-refractivity contribution in [1.29, 1.82) is 0 Å². The molecule has 0 spiro atoms. The number of hydrogen-bond acceptors (Lipinski definition) is 3. The summed E-state index contributed by atoms with van der Waals surface area (Å²) < 4.78 is 0. The zero-order chi connectivity index (χ0) is 14.3. The highest BCUT2D eigenvalue weighted by atomic mass is 15.2. The van der Waals surface area contributed by atoms with Gasteiger partial charge < -0.3 is 5.73 Å². The first kappa shape index (κ1) is 16.1. The summed E-state index contributed by atoms with van der Waals surface area (Å²) in [4.78, 5) is 6.74. The minimum Gasteiger partial charge on any atom is -0.326 e. The summed E-state index contributed by atoms with van der Waals surface area (Å²) in [6.45, 7) is 11.0. The van der Waals surface area contributed by atoms with Crippen LogP contribution in [0.2, 0.25) is 0 Å². The largest absolute Gasteiger partial charge is 0.326 e. The van der Waals surface area contributed by atoms with Crippen LogP contribution in [0.1, 0.15) is 52.1 Å². The molecule has 0 fully saturated rings. The van der Waals surface area contributed by atoms with E-state index in [1.165, 1.54) is 18.4 Å². The molecule has 0 aliphatic heterocycles. The van der Waals surface area contributed by atoms with Crippen LogP contribution < -0.4 is 5.73 Å². The number of nitrogens with zero attached hydrogens (tertiary/aromatic N) is 2. The third-order valence-electron chi connectivity index (χ3n) is 3.97. The van der Waals surface area contributed by atoms with Crippen LogP contribution in [0.5, 0.6) is 0 Å². The molecule has 2 N–H and O–H groups in total. The van der Waals surface area contributed by atoms with Crippen molar-refractivity contribution in [1.82, 2.24) is 9.88 Å². The van der Waals surface area contributed by atoms with E-state index in [1.807, 2.05) is 18.5 Å². The maximum Gasteiger partial charge on any atom is 0.0511 e. The van der Waals surface area contributed by atoms with Gasteiger partial charge in [-0.3, -0.25) is 9.88 Å². The summed E-state index contributed by atoms with van der Waals surface area (Å²) in [5, 5.41) is 0. The van der Waals surface area contributed by atoms with Gasteiger partial charge in [-0.2, -0.15) is 0 Å². The number of pyridine rings is 1. The fourth-order valence-corrected chi connectivity index (χ4v) is 2.72. The van der Waals surface area contributed by atoms with Gasteiger partial charge in [-0.1, -0.05) is 39.7 Å². The molecule has 108 valence electrons. The number of likely N-dealkylation sites (N-methyl/N-ethyl adjacent to an activating group) is 1. The average molecular weight is 263 g/mol. The third-order valence-corrected chi connectivity index (χ3v) is 3.97. The fourth-order valence-electron chi connectivity index (χ4n) is 2.72. The van der Waals surface area contributed by atoms with Gasteiger partial charge in [0.2, 0.25) is 0 Å². The first-order chi connectivity index (χ1) is 9.13. The molecule has 0 saturated carbocycles. The molecule has 0 aliphatic rings. The summed E-state index contributed by atoms with van der Waals surface area (Å²) in [5.74, 6) is 0.748. The third kappa shape index (κ3) is 4.59. The van der Waals surface area contributed by atoms with Crippen LogP contribution in [0.3, 0.4) is 0 Å². The first-order valence-electron chi connectivity index (χ1n) is 7.53. The van der Waals surface area contributed by atoms with E-state index in [9.17, 15) is 0 Å². The van der Waals surface area contributed by atoms with Gasteiger partial charge in [-0.15, -0.1) is 0 Å². The van der Waals surface area contributed by atoms with Crippen LogP contribution in [-0.4, -0.2) is 29.0 Å². The Morgan fingerprint density at radius 3 is 2.37 bits per heavy atom. The second-order valence-corrected chi connectivity index (χ2v) is 5.36. The van der Waals surface area contributed by atoms with E-state index in [0.717, 1.165) is 19.0 Å². The van der Waals surface area contributed by atoms with Gasteiger partial charge >= 0.3 is 0 Å². The molecule has 0 bridgehead atoms. The molecule has 0 amide bonds. The second kappa shape index (κ2) is 8.28. The van der Waals surface area contributed by atoms with Gasteiger partial charge in [0.25, 0.3) is 0 Å². The number of aromatic nitrogens is 1. The molecule has 3 nitrogen and oxygen atoms in total. The quantitative estimate of drug-likeness (QED) is 0.783. The molecule has 0 aromatic carbocycles. The summed E-state index contributed by atoms with van der Waals surface area (Å²) in [7, 11) is 0. The highest BCUT2D eigenvalue weighted by Gasteiger charge is 2.24. The zero-order valence-electron chi connectivity index (χ0n) is 12.8. The highest BCUT2D eigenvalue weighted by Crippen LogP contribution is 2.25. The van der Waals surface area contributed by atoms with Gasteiger partial charge in [0, 0.05) is 25.0 Å². The van der Waals surface area contributed by atoms with Crippen LogP contribution in [0.4, 0.5) is 0 Å². The summed E-state index contributed by atoms with van der Waals surface area (Å²) in [5.41, 5.74) is 7.46. The van der Waals surface area contributed by atoms with Crippen molar-refractivity contribution in [3.8, 4) is 0 Å². The van der Waals surface area contributed by atoms with Crippen LogP contribution in [0.15, 0.2) is 24.5 Å². The van der Waals surface area contributed by atoms with Crippen LogP contribution in [0, 0.1) is 5.92 Å². The van der Waals surface area contributed by atoms with Crippen molar-refractivity contribution >= 4 is 0 Å². The molecule has 1 heterocycles. The average Bonchev–Trinajstić information content (AvgIpc) is 2.43. The van der Waals surface area contributed by atoms with Crippen molar-refractivity contribution < 1.29 is 0 Å². The van der Waals surface area contributed by atoms with Crippen LogP contribution in [0.25, 0.3) is 0 Å². The molecule has 19 heavy (non-hydrogen) atoms. The lowest BCUT2D eigenvalue weighted by Crippen LogP contribution is -2.41. The molecular weight excluding hydrogens is 234 g/mol. The van der Waals surface area contributed by atoms with E-state index < -0.39 is 0 Å².